The summed E-state index contributed by atoms with van der Waals surface area (Å²) in [6.07, 6.45) is 0.293. The van der Waals surface area contributed by atoms with Gasteiger partial charge in [0.15, 0.2) is 5.76 Å². The fraction of sp³-hybridized carbons (Fsp3) is 0.455. The van der Waals surface area contributed by atoms with Crippen molar-refractivity contribution >= 4 is 12.0 Å². The molecule has 8 heteroatoms. The average molecular weight is 418 g/mol. The molecular formula is C22H27FN2O5. The van der Waals surface area contributed by atoms with Gasteiger partial charge < -0.3 is 23.7 Å². The van der Waals surface area contributed by atoms with Gasteiger partial charge in [0.1, 0.15) is 29.5 Å². The van der Waals surface area contributed by atoms with Gasteiger partial charge in [0.2, 0.25) is 0 Å². The average Bonchev–Trinajstić information content (AvgIpc) is 3.01. The molecule has 0 radical (unpaired) electrons. The topological polar surface area (TPSA) is 72.2 Å². The van der Waals surface area contributed by atoms with Crippen LogP contribution in [0.1, 0.15) is 43.5 Å². The van der Waals surface area contributed by atoms with Crippen molar-refractivity contribution in [3.63, 3.8) is 0 Å². The highest BCUT2D eigenvalue weighted by Crippen LogP contribution is 2.17. The SMILES string of the molecule is CC(C)(C)OC(=O)N1CCCN(C(=O)c2ccc(COc3ccc(F)cc3)o2)CC1. The van der Waals surface area contributed by atoms with Crippen molar-refractivity contribution in [1.29, 1.82) is 0 Å². The first-order valence-corrected chi connectivity index (χ1v) is 9.95. The van der Waals surface area contributed by atoms with E-state index in [0.29, 0.717) is 44.1 Å². The van der Waals surface area contributed by atoms with Gasteiger partial charge in [0, 0.05) is 26.2 Å². The Labute approximate surface area is 175 Å². The third-order valence-electron chi connectivity index (χ3n) is 4.50. The second-order valence-electron chi connectivity index (χ2n) is 8.12. The lowest BCUT2D eigenvalue weighted by Gasteiger charge is -2.26. The summed E-state index contributed by atoms with van der Waals surface area (Å²) >= 11 is 0. The molecule has 7 nitrogen and oxygen atoms in total. The minimum Gasteiger partial charge on any atom is -0.486 e. The molecule has 162 valence electrons. The van der Waals surface area contributed by atoms with E-state index in [4.69, 9.17) is 13.9 Å². The second-order valence-corrected chi connectivity index (χ2v) is 8.12. The second kappa shape index (κ2) is 9.19. The number of hydrogen-bond donors (Lipinski definition) is 0. The van der Waals surface area contributed by atoms with E-state index in [9.17, 15) is 14.0 Å². The number of nitrogens with zero attached hydrogens (tertiary/aromatic N) is 2. The maximum Gasteiger partial charge on any atom is 0.410 e. The number of carbonyl (C=O) groups excluding carboxylic acids is 2. The summed E-state index contributed by atoms with van der Waals surface area (Å²) in [5.74, 6) is 0.659. The van der Waals surface area contributed by atoms with Crippen molar-refractivity contribution in [2.24, 2.45) is 0 Å². The van der Waals surface area contributed by atoms with Gasteiger partial charge in [-0.3, -0.25) is 4.79 Å². The summed E-state index contributed by atoms with van der Waals surface area (Å²) in [6, 6.07) is 8.97. The van der Waals surface area contributed by atoms with Crippen molar-refractivity contribution in [2.75, 3.05) is 26.2 Å². The zero-order valence-electron chi connectivity index (χ0n) is 17.5. The zero-order chi connectivity index (χ0) is 21.7. The number of furan rings is 1. The Hall–Kier alpha value is -3.03. The zero-order valence-corrected chi connectivity index (χ0v) is 17.5. The van der Waals surface area contributed by atoms with Crippen LogP contribution in [0.3, 0.4) is 0 Å². The van der Waals surface area contributed by atoms with Crippen LogP contribution in [-0.4, -0.2) is 53.6 Å². The molecule has 30 heavy (non-hydrogen) atoms. The lowest BCUT2D eigenvalue weighted by atomic mass is 10.2. The van der Waals surface area contributed by atoms with Gasteiger partial charge in [0.05, 0.1) is 0 Å². The van der Waals surface area contributed by atoms with Crippen LogP contribution in [0.5, 0.6) is 5.75 Å². The first kappa shape index (κ1) is 21.7. The number of halogens is 1. The molecule has 0 aliphatic carbocycles. The molecule has 3 rings (SSSR count). The first-order chi connectivity index (χ1) is 14.2. The van der Waals surface area contributed by atoms with Crippen LogP contribution in [0.2, 0.25) is 0 Å². The molecule has 2 heterocycles. The summed E-state index contributed by atoms with van der Waals surface area (Å²) in [4.78, 5) is 28.4. The molecular weight excluding hydrogens is 391 g/mol. The van der Waals surface area contributed by atoms with Crippen LogP contribution in [0.4, 0.5) is 9.18 Å². The third-order valence-corrected chi connectivity index (χ3v) is 4.50. The number of amides is 2. The van der Waals surface area contributed by atoms with Gasteiger partial charge in [-0.15, -0.1) is 0 Å². The standard InChI is InChI=1S/C22H27FN2O5/c1-22(2,3)30-21(27)25-12-4-11-24(13-14-25)20(26)19-10-9-18(29-19)15-28-17-7-5-16(23)6-8-17/h5-10H,4,11-15H2,1-3H3. The van der Waals surface area contributed by atoms with E-state index in [0.717, 1.165) is 0 Å². The van der Waals surface area contributed by atoms with Gasteiger partial charge in [-0.05, 0) is 63.6 Å². The Morgan fingerprint density at radius 1 is 1.00 bits per heavy atom. The van der Waals surface area contributed by atoms with Gasteiger partial charge >= 0.3 is 6.09 Å². The van der Waals surface area contributed by atoms with Crippen LogP contribution < -0.4 is 4.74 Å². The highest BCUT2D eigenvalue weighted by Gasteiger charge is 2.27. The van der Waals surface area contributed by atoms with E-state index in [1.165, 1.54) is 24.3 Å². The minimum absolute atomic E-state index is 0.130. The first-order valence-electron chi connectivity index (χ1n) is 9.95. The van der Waals surface area contributed by atoms with Crippen LogP contribution in [0.25, 0.3) is 0 Å². The number of ether oxygens (including phenoxy) is 2. The van der Waals surface area contributed by atoms with Crippen LogP contribution in [-0.2, 0) is 11.3 Å². The lowest BCUT2D eigenvalue weighted by Crippen LogP contribution is -2.40. The number of rotatable bonds is 4. The Bertz CT molecular complexity index is 872. The summed E-state index contributed by atoms with van der Waals surface area (Å²) in [5, 5.41) is 0. The molecule has 1 aromatic heterocycles. The molecule has 1 aliphatic heterocycles. The number of hydrogen-bond acceptors (Lipinski definition) is 5. The summed E-state index contributed by atoms with van der Waals surface area (Å²) in [5.41, 5.74) is -0.556. The van der Waals surface area contributed by atoms with Gasteiger partial charge in [-0.1, -0.05) is 0 Å². The Morgan fingerprint density at radius 2 is 1.67 bits per heavy atom. The molecule has 1 fully saturated rings. The van der Waals surface area contributed by atoms with Crippen molar-refractivity contribution in [3.05, 3.63) is 53.7 Å². The van der Waals surface area contributed by atoms with Crippen molar-refractivity contribution in [3.8, 4) is 5.75 Å². The van der Waals surface area contributed by atoms with Crippen LogP contribution in [0.15, 0.2) is 40.8 Å². The molecule has 0 N–H and O–H groups in total. The highest BCUT2D eigenvalue weighted by atomic mass is 19.1. The van der Waals surface area contributed by atoms with E-state index in [1.807, 2.05) is 20.8 Å². The van der Waals surface area contributed by atoms with Gasteiger partial charge in [-0.2, -0.15) is 0 Å². The minimum atomic E-state index is -0.556. The van der Waals surface area contributed by atoms with Crippen LogP contribution >= 0.6 is 0 Å². The fourth-order valence-corrected chi connectivity index (χ4v) is 3.04. The maximum absolute atomic E-state index is 12.9. The molecule has 2 aromatic rings. The molecule has 0 saturated carbocycles. The van der Waals surface area contributed by atoms with Crippen LogP contribution in [0, 0.1) is 5.82 Å². The van der Waals surface area contributed by atoms with Gasteiger partial charge in [-0.25, -0.2) is 9.18 Å². The summed E-state index contributed by atoms with van der Waals surface area (Å²) in [6.45, 7) is 7.48. The molecule has 0 unspecified atom stereocenters. The fourth-order valence-electron chi connectivity index (χ4n) is 3.04. The molecule has 2 amide bonds. The Balaban J connectivity index is 1.54. The smallest absolute Gasteiger partial charge is 0.410 e. The van der Waals surface area contributed by atoms with Gasteiger partial charge in [0.25, 0.3) is 5.91 Å². The Morgan fingerprint density at radius 3 is 2.37 bits per heavy atom. The normalized spacial score (nSPS) is 14.9. The van der Waals surface area contributed by atoms with E-state index in [2.05, 4.69) is 0 Å². The molecule has 0 spiro atoms. The summed E-state index contributed by atoms with van der Waals surface area (Å²) in [7, 11) is 0. The molecule has 1 saturated heterocycles. The largest absolute Gasteiger partial charge is 0.486 e. The number of benzene rings is 1. The monoisotopic (exact) mass is 418 g/mol. The molecule has 0 bridgehead atoms. The number of carbonyl (C=O) groups is 2. The third kappa shape index (κ3) is 5.98. The van der Waals surface area contributed by atoms with E-state index < -0.39 is 5.60 Å². The van der Waals surface area contributed by atoms with Crippen molar-refractivity contribution in [2.45, 2.75) is 39.4 Å². The van der Waals surface area contributed by atoms with E-state index in [1.54, 1.807) is 21.9 Å². The predicted octanol–water partition coefficient (Wildman–Crippen LogP) is 4.08. The predicted molar refractivity (Wildman–Crippen MR) is 108 cm³/mol. The summed E-state index contributed by atoms with van der Waals surface area (Å²) < 4.78 is 29.5. The van der Waals surface area contributed by atoms with E-state index >= 15 is 0 Å². The maximum atomic E-state index is 12.9. The quantitative estimate of drug-likeness (QED) is 0.748. The van der Waals surface area contributed by atoms with Crippen molar-refractivity contribution < 1.29 is 27.9 Å². The van der Waals surface area contributed by atoms with Crippen molar-refractivity contribution in [1.82, 2.24) is 9.80 Å². The molecule has 0 atom stereocenters. The lowest BCUT2D eigenvalue weighted by molar-refractivity contribution is 0.0255. The highest BCUT2D eigenvalue weighted by molar-refractivity contribution is 5.91. The molecule has 1 aromatic carbocycles. The molecule has 1 aliphatic rings. The van der Waals surface area contributed by atoms with E-state index in [-0.39, 0.29) is 30.2 Å². The Kier molecular flexibility index (Phi) is 6.64.